The lowest BCUT2D eigenvalue weighted by molar-refractivity contribution is -0.147. The number of hydrogen-bond acceptors (Lipinski definition) is 3. The molecule has 1 unspecified atom stereocenters. The first-order valence-corrected chi connectivity index (χ1v) is 4.06. The highest BCUT2D eigenvalue weighted by Crippen LogP contribution is 2.17. The molecule has 13 heavy (non-hydrogen) atoms. The van der Waals surface area contributed by atoms with Crippen LogP contribution in [0.25, 0.3) is 0 Å². The van der Waals surface area contributed by atoms with Crippen LogP contribution in [0.15, 0.2) is 0 Å². The molecule has 0 bridgehead atoms. The Labute approximate surface area is 75.6 Å². The Morgan fingerprint density at radius 3 is 2.85 bits per heavy atom. The van der Waals surface area contributed by atoms with Crippen LogP contribution >= 0.6 is 0 Å². The van der Waals surface area contributed by atoms with E-state index in [2.05, 4.69) is 0 Å². The molecule has 0 radical (unpaired) electrons. The third-order valence-electron chi connectivity index (χ3n) is 2.09. The van der Waals surface area contributed by atoms with E-state index in [0.717, 1.165) is 0 Å². The van der Waals surface area contributed by atoms with Gasteiger partial charge in [0.15, 0.2) is 0 Å². The third-order valence-corrected chi connectivity index (χ3v) is 2.09. The number of nitriles is 1. The molecular formula is C8H10N2O3. The molecule has 1 rings (SSSR count). The molecule has 1 amide bonds. The van der Waals surface area contributed by atoms with E-state index in [4.69, 9.17) is 10.4 Å². The molecule has 0 saturated carbocycles. The van der Waals surface area contributed by atoms with Gasteiger partial charge in [0, 0.05) is 6.54 Å². The molecule has 1 saturated heterocycles. The molecule has 0 aromatic carbocycles. The monoisotopic (exact) mass is 182 g/mol. The van der Waals surface area contributed by atoms with Crippen LogP contribution in [0.1, 0.15) is 19.3 Å². The summed E-state index contributed by atoms with van der Waals surface area (Å²) in [5.41, 5.74) is 0. The summed E-state index contributed by atoms with van der Waals surface area (Å²) in [5, 5.41) is 17.0. The van der Waals surface area contributed by atoms with Crippen molar-refractivity contribution in [2.75, 3.05) is 6.54 Å². The highest BCUT2D eigenvalue weighted by Gasteiger charge is 2.33. The number of carboxylic acids is 1. The normalized spacial score (nSPS) is 21.2. The molecule has 1 fully saturated rings. The summed E-state index contributed by atoms with van der Waals surface area (Å²) in [6.45, 7) is 0.456. The fraction of sp³-hybridized carbons (Fsp3) is 0.625. The van der Waals surface area contributed by atoms with E-state index in [0.29, 0.717) is 19.4 Å². The van der Waals surface area contributed by atoms with Crippen molar-refractivity contribution in [1.29, 1.82) is 5.26 Å². The van der Waals surface area contributed by atoms with Gasteiger partial charge in [0.1, 0.15) is 12.5 Å². The van der Waals surface area contributed by atoms with Crippen molar-refractivity contribution in [1.82, 2.24) is 4.90 Å². The largest absolute Gasteiger partial charge is 0.480 e. The summed E-state index contributed by atoms with van der Waals surface area (Å²) in [6, 6.07) is 0.998. The maximum Gasteiger partial charge on any atom is 0.326 e. The van der Waals surface area contributed by atoms with Crippen LogP contribution < -0.4 is 0 Å². The summed E-state index contributed by atoms with van der Waals surface area (Å²) < 4.78 is 0. The quantitative estimate of drug-likeness (QED) is 0.650. The Kier molecular flexibility index (Phi) is 2.85. The van der Waals surface area contributed by atoms with Crippen LogP contribution in [0.3, 0.4) is 0 Å². The summed E-state index contributed by atoms with van der Waals surface area (Å²) in [4.78, 5) is 23.1. The predicted octanol–water partition coefficient (Wildman–Crippen LogP) is -0.0243. The maximum absolute atomic E-state index is 11.2. The molecule has 1 N–H and O–H groups in total. The third kappa shape index (κ3) is 1.96. The molecular weight excluding hydrogens is 172 g/mol. The van der Waals surface area contributed by atoms with E-state index in [9.17, 15) is 9.59 Å². The van der Waals surface area contributed by atoms with Crippen molar-refractivity contribution >= 4 is 11.9 Å². The Morgan fingerprint density at radius 1 is 1.62 bits per heavy atom. The lowest BCUT2D eigenvalue weighted by atomic mass is 10.2. The zero-order valence-corrected chi connectivity index (χ0v) is 7.06. The first-order valence-electron chi connectivity index (χ1n) is 4.06. The van der Waals surface area contributed by atoms with E-state index >= 15 is 0 Å². The van der Waals surface area contributed by atoms with E-state index in [1.54, 1.807) is 6.07 Å². The lowest BCUT2D eigenvalue weighted by Gasteiger charge is -2.19. The van der Waals surface area contributed by atoms with E-state index in [-0.39, 0.29) is 12.3 Å². The Hall–Kier alpha value is -1.57. The summed E-state index contributed by atoms with van der Waals surface area (Å²) in [5.74, 6) is -1.36. The van der Waals surface area contributed by atoms with Crippen LogP contribution in [0.5, 0.6) is 0 Å². The summed E-state index contributed by atoms with van der Waals surface area (Å²) >= 11 is 0. The minimum Gasteiger partial charge on any atom is -0.480 e. The minimum absolute atomic E-state index is 0.232. The maximum atomic E-state index is 11.2. The number of carbonyl (C=O) groups excluding carboxylic acids is 1. The molecule has 5 heteroatoms. The van der Waals surface area contributed by atoms with Crippen molar-refractivity contribution in [3.63, 3.8) is 0 Å². The van der Waals surface area contributed by atoms with Gasteiger partial charge in [-0.2, -0.15) is 5.26 Å². The fourth-order valence-corrected chi connectivity index (χ4v) is 1.49. The second kappa shape index (κ2) is 3.90. The van der Waals surface area contributed by atoms with E-state index < -0.39 is 12.0 Å². The van der Waals surface area contributed by atoms with E-state index in [1.165, 1.54) is 4.90 Å². The minimum atomic E-state index is -0.983. The van der Waals surface area contributed by atoms with Crippen molar-refractivity contribution < 1.29 is 14.7 Å². The van der Waals surface area contributed by atoms with Gasteiger partial charge in [-0.25, -0.2) is 4.79 Å². The molecule has 0 aromatic rings. The van der Waals surface area contributed by atoms with Crippen LogP contribution in [0.4, 0.5) is 0 Å². The molecule has 1 aliphatic rings. The smallest absolute Gasteiger partial charge is 0.326 e. The predicted molar refractivity (Wildman–Crippen MR) is 42.6 cm³/mol. The Balaban J connectivity index is 2.64. The van der Waals surface area contributed by atoms with Gasteiger partial charge in [-0.3, -0.25) is 4.79 Å². The molecule has 0 spiro atoms. The second-order valence-corrected chi connectivity index (χ2v) is 2.92. The number of hydrogen-bond donors (Lipinski definition) is 1. The molecule has 5 nitrogen and oxygen atoms in total. The van der Waals surface area contributed by atoms with Gasteiger partial charge in [-0.15, -0.1) is 0 Å². The zero-order chi connectivity index (χ0) is 9.84. The standard InChI is InChI=1S/C8H10N2O3/c9-4-3-7(11)10-5-1-2-6(10)8(12)13/h6H,1-3,5H2,(H,12,13). The molecule has 1 aliphatic heterocycles. The highest BCUT2D eigenvalue weighted by molar-refractivity contribution is 5.85. The number of amides is 1. The van der Waals surface area contributed by atoms with Crippen molar-refractivity contribution in [2.24, 2.45) is 0 Å². The number of carbonyl (C=O) groups is 2. The van der Waals surface area contributed by atoms with Gasteiger partial charge in [0.05, 0.1) is 6.07 Å². The van der Waals surface area contributed by atoms with Gasteiger partial charge >= 0.3 is 5.97 Å². The number of nitrogens with zero attached hydrogens (tertiary/aromatic N) is 2. The average Bonchev–Trinajstić information content (AvgIpc) is 2.52. The van der Waals surface area contributed by atoms with Gasteiger partial charge in [0.2, 0.25) is 5.91 Å². The number of carboxylic acid groups (broad SMARTS) is 1. The molecule has 0 aromatic heterocycles. The van der Waals surface area contributed by atoms with Crippen molar-refractivity contribution in [3.05, 3.63) is 0 Å². The van der Waals surface area contributed by atoms with Crippen LogP contribution in [-0.4, -0.2) is 34.5 Å². The van der Waals surface area contributed by atoms with Gasteiger partial charge in [-0.1, -0.05) is 0 Å². The Bertz CT molecular complexity index is 269. The van der Waals surface area contributed by atoms with Gasteiger partial charge in [0.25, 0.3) is 0 Å². The van der Waals surface area contributed by atoms with E-state index in [1.807, 2.05) is 0 Å². The lowest BCUT2D eigenvalue weighted by Crippen LogP contribution is -2.40. The summed E-state index contributed by atoms with van der Waals surface area (Å²) in [7, 11) is 0. The Morgan fingerprint density at radius 2 is 2.31 bits per heavy atom. The van der Waals surface area contributed by atoms with Crippen molar-refractivity contribution in [3.8, 4) is 6.07 Å². The number of rotatable bonds is 2. The highest BCUT2D eigenvalue weighted by atomic mass is 16.4. The second-order valence-electron chi connectivity index (χ2n) is 2.92. The molecule has 1 atom stereocenters. The molecule has 70 valence electrons. The zero-order valence-electron chi connectivity index (χ0n) is 7.06. The SMILES string of the molecule is N#CCC(=O)N1CCCC1C(=O)O. The number of likely N-dealkylation sites (tertiary alicyclic amines) is 1. The summed E-state index contributed by atoms with van der Waals surface area (Å²) in [6.07, 6.45) is 0.963. The number of aliphatic carboxylic acids is 1. The molecule has 0 aliphatic carbocycles. The van der Waals surface area contributed by atoms with Crippen LogP contribution in [0, 0.1) is 11.3 Å². The van der Waals surface area contributed by atoms with Crippen molar-refractivity contribution in [2.45, 2.75) is 25.3 Å². The molecule has 1 heterocycles. The van der Waals surface area contributed by atoms with Gasteiger partial charge < -0.3 is 10.0 Å². The topological polar surface area (TPSA) is 81.4 Å². The first kappa shape index (κ1) is 9.52. The first-order chi connectivity index (χ1) is 6.16. The van der Waals surface area contributed by atoms with Crippen LogP contribution in [0.2, 0.25) is 0 Å². The average molecular weight is 182 g/mol. The fourth-order valence-electron chi connectivity index (χ4n) is 1.49. The van der Waals surface area contributed by atoms with Crippen LogP contribution in [-0.2, 0) is 9.59 Å². The van der Waals surface area contributed by atoms with Gasteiger partial charge in [-0.05, 0) is 12.8 Å².